The van der Waals surface area contributed by atoms with E-state index in [0.717, 1.165) is 5.56 Å². The number of hydrogen-bond acceptors (Lipinski definition) is 3. The van der Waals surface area contributed by atoms with Gasteiger partial charge < -0.3 is 10.1 Å². The van der Waals surface area contributed by atoms with E-state index < -0.39 is 5.97 Å². The Morgan fingerprint density at radius 2 is 1.73 bits per heavy atom. The summed E-state index contributed by atoms with van der Waals surface area (Å²) in [6, 6.07) is 15.5. The molecule has 22 heavy (non-hydrogen) atoms. The first-order valence-corrected chi connectivity index (χ1v) is 7.21. The van der Waals surface area contributed by atoms with Crippen LogP contribution in [0.25, 0.3) is 0 Å². The normalized spacial score (nSPS) is 11.5. The Hall–Kier alpha value is -2.33. The van der Waals surface area contributed by atoms with Gasteiger partial charge in [0.25, 0.3) is 5.91 Å². The van der Waals surface area contributed by atoms with Gasteiger partial charge in [-0.25, -0.2) is 4.79 Å². The second-order valence-electron chi connectivity index (χ2n) is 4.78. The lowest BCUT2D eigenvalue weighted by atomic mass is 10.1. The molecule has 2 aromatic carbocycles. The van der Waals surface area contributed by atoms with E-state index in [9.17, 15) is 9.59 Å². The molecule has 0 aliphatic rings. The minimum Gasteiger partial charge on any atom is -0.452 e. The Labute approximate surface area is 134 Å². The van der Waals surface area contributed by atoms with E-state index in [1.165, 1.54) is 0 Å². The molecule has 0 saturated heterocycles. The summed E-state index contributed by atoms with van der Waals surface area (Å²) < 4.78 is 4.97. The summed E-state index contributed by atoms with van der Waals surface area (Å²) in [5, 5.41) is 3.40. The third-order valence-electron chi connectivity index (χ3n) is 3.09. The van der Waals surface area contributed by atoms with Gasteiger partial charge >= 0.3 is 5.97 Å². The molecule has 0 aromatic heterocycles. The molecule has 0 unspecified atom stereocenters. The SMILES string of the molecule is C[C@H](NC(=O)COC(=O)c1ccccc1)c1ccc(Cl)cc1. The van der Waals surface area contributed by atoms with Gasteiger partial charge in [-0.1, -0.05) is 41.9 Å². The third-order valence-corrected chi connectivity index (χ3v) is 3.34. The lowest BCUT2D eigenvalue weighted by molar-refractivity contribution is -0.124. The van der Waals surface area contributed by atoms with Gasteiger partial charge in [-0.3, -0.25) is 4.79 Å². The van der Waals surface area contributed by atoms with Crippen LogP contribution in [0.5, 0.6) is 0 Å². The van der Waals surface area contributed by atoms with E-state index in [1.54, 1.807) is 42.5 Å². The second-order valence-corrected chi connectivity index (χ2v) is 5.22. The summed E-state index contributed by atoms with van der Waals surface area (Å²) >= 11 is 5.82. The van der Waals surface area contributed by atoms with Crippen molar-refractivity contribution in [3.8, 4) is 0 Å². The molecule has 0 saturated carbocycles. The number of hydrogen-bond donors (Lipinski definition) is 1. The van der Waals surface area contributed by atoms with Gasteiger partial charge in [0.1, 0.15) is 0 Å². The Morgan fingerprint density at radius 3 is 2.36 bits per heavy atom. The zero-order valence-corrected chi connectivity index (χ0v) is 12.8. The van der Waals surface area contributed by atoms with Gasteiger partial charge in [0, 0.05) is 5.02 Å². The fourth-order valence-corrected chi connectivity index (χ4v) is 2.03. The van der Waals surface area contributed by atoms with E-state index in [0.29, 0.717) is 10.6 Å². The Balaban J connectivity index is 1.83. The summed E-state index contributed by atoms with van der Waals surface area (Å²) in [5.74, 6) is -0.873. The lowest BCUT2D eigenvalue weighted by Gasteiger charge is -2.14. The van der Waals surface area contributed by atoms with E-state index in [2.05, 4.69) is 5.32 Å². The molecule has 1 amide bonds. The van der Waals surface area contributed by atoms with Crippen molar-refractivity contribution >= 4 is 23.5 Å². The van der Waals surface area contributed by atoms with Crippen molar-refractivity contribution < 1.29 is 14.3 Å². The number of ether oxygens (including phenoxy) is 1. The third kappa shape index (κ3) is 4.60. The first-order chi connectivity index (χ1) is 10.6. The smallest absolute Gasteiger partial charge is 0.338 e. The molecule has 0 aliphatic heterocycles. The van der Waals surface area contributed by atoms with Gasteiger partial charge in [-0.15, -0.1) is 0 Å². The van der Waals surface area contributed by atoms with Crippen molar-refractivity contribution in [2.75, 3.05) is 6.61 Å². The molecule has 0 spiro atoms. The quantitative estimate of drug-likeness (QED) is 0.860. The van der Waals surface area contributed by atoms with Crippen LogP contribution in [-0.2, 0) is 9.53 Å². The fourth-order valence-electron chi connectivity index (χ4n) is 1.91. The highest BCUT2D eigenvalue weighted by molar-refractivity contribution is 6.30. The van der Waals surface area contributed by atoms with Crippen LogP contribution in [0.2, 0.25) is 5.02 Å². The first-order valence-electron chi connectivity index (χ1n) is 6.83. The highest BCUT2D eigenvalue weighted by Crippen LogP contribution is 2.15. The van der Waals surface area contributed by atoms with Crippen molar-refractivity contribution in [1.29, 1.82) is 0 Å². The molecule has 0 bridgehead atoms. The number of amides is 1. The van der Waals surface area contributed by atoms with Gasteiger partial charge in [0.05, 0.1) is 11.6 Å². The summed E-state index contributed by atoms with van der Waals surface area (Å²) in [4.78, 5) is 23.5. The summed E-state index contributed by atoms with van der Waals surface area (Å²) in [7, 11) is 0. The maximum atomic E-state index is 11.8. The minimum absolute atomic E-state index is 0.194. The van der Waals surface area contributed by atoms with Gasteiger partial charge in [0.15, 0.2) is 6.61 Å². The number of esters is 1. The monoisotopic (exact) mass is 317 g/mol. The fraction of sp³-hybridized carbons (Fsp3) is 0.176. The molecule has 2 rings (SSSR count). The topological polar surface area (TPSA) is 55.4 Å². The van der Waals surface area contributed by atoms with Gasteiger partial charge in [-0.05, 0) is 36.8 Å². The van der Waals surface area contributed by atoms with Crippen LogP contribution < -0.4 is 5.32 Å². The number of benzene rings is 2. The van der Waals surface area contributed by atoms with E-state index >= 15 is 0 Å². The van der Waals surface area contributed by atoms with Crippen LogP contribution in [0.4, 0.5) is 0 Å². The summed E-state index contributed by atoms with van der Waals surface area (Å²) in [6.07, 6.45) is 0. The summed E-state index contributed by atoms with van der Waals surface area (Å²) in [6.45, 7) is 1.53. The van der Waals surface area contributed by atoms with Crippen LogP contribution in [-0.4, -0.2) is 18.5 Å². The highest BCUT2D eigenvalue weighted by atomic mass is 35.5. The van der Waals surface area contributed by atoms with Crippen molar-refractivity contribution in [1.82, 2.24) is 5.32 Å². The highest BCUT2D eigenvalue weighted by Gasteiger charge is 2.12. The van der Waals surface area contributed by atoms with E-state index in [1.807, 2.05) is 19.1 Å². The van der Waals surface area contributed by atoms with Crippen molar-refractivity contribution in [3.63, 3.8) is 0 Å². The molecule has 0 aliphatic carbocycles. The van der Waals surface area contributed by atoms with Crippen molar-refractivity contribution in [3.05, 3.63) is 70.7 Å². The molecule has 0 radical (unpaired) electrons. The van der Waals surface area contributed by atoms with Crippen molar-refractivity contribution in [2.24, 2.45) is 0 Å². The molecule has 0 heterocycles. The molecule has 4 nitrogen and oxygen atoms in total. The van der Waals surface area contributed by atoms with E-state index in [4.69, 9.17) is 16.3 Å². The van der Waals surface area contributed by atoms with Crippen LogP contribution in [0.3, 0.4) is 0 Å². The second kappa shape index (κ2) is 7.61. The van der Waals surface area contributed by atoms with Crippen LogP contribution >= 0.6 is 11.6 Å². The standard InChI is InChI=1S/C17H16ClNO3/c1-12(13-7-9-15(18)10-8-13)19-16(20)11-22-17(21)14-5-3-2-4-6-14/h2-10,12H,11H2,1H3,(H,19,20)/t12-/m0/s1. The minimum atomic E-state index is -0.519. The average molecular weight is 318 g/mol. The zero-order valence-electron chi connectivity index (χ0n) is 12.1. The van der Waals surface area contributed by atoms with Crippen LogP contribution in [0.15, 0.2) is 54.6 Å². The van der Waals surface area contributed by atoms with E-state index in [-0.39, 0.29) is 18.6 Å². The molecule has 1 N–H and O–H groups in total. The number of nitrogens with one attached hydrogen (secondary N) is 1. The summed E-state index contributed by atoms with van der Waals surface area (Å²) in [5.41, 5.74) is 1.34. The number of carbonyl (C=O) groups is 2. The molecule has 114 valence electrons. The molecule has 0 fully saturated rings. The Kier molecular flexibility index (Phi) is 5.55. The number of rotatable bonds is 5. The lowest BCUT2D eigenvalue weighted by Crippen LogP contribution is -2.31. The van der Waals surface area contributed by atoms with Crippen molar-refractivity contribution in [2.45, 2.75) is 13.0 Å². The Morgan fingerprint density at radius 1 is 1.09 bits per heavy atom. The Bertz CT molecular complexity index is 641. The molecule has 5 heteroatoms. The largest absolute Gasteiger partial charge is 0.452 e. The van der Waals surface area contributed by atoms with Gasteiger partial charge in [-0.2, -0.15) is 0 Å². The predicted octanol–water partition coefficient (Wildman–Crippen LogP) is 3.37. The number of carbonyl (C=O) groups excluding carboxylic acids is 2. The maximum absolute atomic E-state index is 11.8. The zero-order chi connectivity index (χ0) is 15.9. The first kappa shape index (κ1) is 16.0. The molecule has 1 atom stereocenters. The maximum Gasteiger partial charge on any atom is 0.338 e. The number of halogens is 1. The molecular weight excluding hydrogens is 302 g/mol. The predicted molar refractivity (Wildman–Crippen MR) is 84.7 cm³/mol. The molecule has 2 aromatic rings. The average Bonchev–Trinajstić information content (AvgIpc) is 2.54. The van der Waals surface area contributed by atoms with Crippen LogP contribution in [0.1, 0.15) is 28.9 Å². The van der Waals surface area contributed by atoms with Gasteiger partial charge in [0.2, 0.25) is 0 Å². The van der Waals surface area contributed by atoms with Crippen LogP contribution in [0, 0.1) is 0 Å². The molecular formula is C17H16ClNO3.